The van der Waals surface area contributed by atoms with Crippen molar-refractivity contribution in [3.05, 3.63) is 12.0 Å². The van der Waals surface area contributed by atoms with Crippen LogP contribution in [0.25, 0.3) is 0 Å². The molecule has 0 saturated carbocycles. The molecule has 98 valence electrons. The second-order valence-electron chi connectivity index (χ2n) is 3.84. The number of aromatic nitrogens is 2. The van der Waals surface area contributed by atoms with Crippen LogP contribution in [0, 0.1) is 6.92 Å². The third-order valence-corrected chi connectivity index (χ3v) is 4.58. The van der Waals surface area contributed by atoms with Gasteiger partial charge in [0.05, 0.1) is 0 Å². The Hall–Kier alpha value is -0.400. The maximum atomic E-state index is 12.1. The fraction of sp³-hybridized carbons (Fsp3) is 0.700. The average molecular weight is 324 g/mol. The van der Waals surface area contributed by atoms with Gasteiger partial charge in [-0.05, 0) is 13.3 Å². The van der Waals surface area contributed by atoms with Gasteiger partial charge in [0.25, 0.3) is 10.0 Å². The van der Waals surface area contributed by atoms with Gasteiger partial charge in [-0.15, -0.1) is 0 Å². The predicted octanol–water partition coefficient (Wildman–Crippen LogP) is 1.62. The van der Waals surface area contributed by atoms with Gasteiger partial charge >= 0.3 is 0 Å². The molecule has 1 aromatic rings. The molecule has 0 atom stereocenters. The molecule has 5 nitrogen and oxygen atoms in total. The van der Waals surface area contributed by atoms with Crippen LogP contribution < -0.4 is 0 Å². The molecule has 17 heavy (non-hydrogen) atoms. The molecule has 1 heterocycles. The molecule has 7 heteroatoms. The maximum Gasteiger partial charge on any atom is 0.261 e. The molecule has 0 fully saturated rings. The van der Waals surface area contributed by atoms with E-state index in [2.05, 4.69) is 20.9 Å². The first kappa shape index (κ1) is 14.7. The zero-order valence-corrected chi connectivity index (χ0v) is 12.8. The molecule has 0 aliphatic rings. The topological polar surface area (TPSA) is 55.2 Å². The summed E-state index contributed by atoms with van der Waals surface area (Å²) in [5, 5.41) is 0.740. The third kappa shape index (κ3) is 3.29. The van der Waals surface area contributed by atoms with Gasteiger partial charge in [0.2, 0.25) is 0 Å². The molecule has 0 unspecified atom stereocenters. The highest BCUT2D eigenvalue weighted by Gasteiger charge is 2.23. The van der Waals surface area contributed by atoms with E-state index in [1.807, 2.05) is 18.4 Å². The summed E-state index contributed by atoms with van der Waals surface area (Å²) in [7, 11) is -1.89. The van der Waals surface area contributed by atoms with Crippen LogP contribution >= 0.6 is 15.9 Å². The standard InChI is InChI=1S/C10H18BrN3O2S/c1-4-6-14-8-10(12-9(14)2)17(15,16)13(3)7-5-11/h8H,4-7H2,1-3H3. The summed E-state index contributed by atoms with van der Waals surface area (Å²) >= 11 is 3.23. The second-order valence-corrected chi connectivity index (χ2v) is 6.62. The lowest BCUT2D eigenvalue weighted by atomic mass is 10.5. The Balaban J connectivity index is 3.03. The lowest BCUT2D eigenvalue weighted by Gasteiger charge is -2.13. The van der Waals surface area contributed by atoms with Gasteiger partial charge in [0.15, 0.2) is 5.03 Å². The van der Waals surface area contributed by atoms with Gasteiger partial charge in [0, 0.05) is 31.7 Å². The minimum atomic E-state index is -3.45. The first-order chi connectivity index (χ1) is 7.93. The molecule has 0 bridgehead atoms. The van der Waals surface area contributed by atoms with Crippen molar-refractivity contribution >= 4 is 26.0 Å². The molecule has 0 aromatic carbocycles. The summed E-state index contributed by atoms with van der Waals surface area (Å²) in [4.78, 5) is 4.12. The van der Waals surface area contributed by atoms with Gasteiger partial charge in [-0.25, -0.2) is 13.4 Å². The van der Waals surface area contributed by atoms with Crippen molar-refractivity contribution in [1.29, 1.82) is 0 Å². The van der Waals surface area contributed by atoms with Crippen molar-refractivity contribution in [3.63, 3.8) is 0 Å². The van der Waals surface area contributed by atoms with E-state index in [1.165, 1.54) is 4.31 Å². The Morgan fingerprint density at radius 2 is 2.18 bits per heavy atom. The van der Waals surface area contributed by atoms with Gasteiger partial charge in [-0.2, -0.15) is 4.31 Å². The summed E-state index contributed by atoms with van der Waals surface area (Å²) < 4.78 is 27.4. The average Bonchev–Trinajstić information content (AvgIpc) is 2.62. The van der Waals surface area contributed by atoms with Crippen molar-refractivity contribution in [2.45, 2.75) is 31.8 Å². The van der Waals surface area contributed by atoms with Gasteiger partial charge < -0.3 is 4.57 Å². The number of alkyl halides is 1. The van der Waals surface area contributed by atoms with Gasteiger partial charge in [-0.1, -0.05) is 22.9 Å². The number of imidazole rings is 1. The highest BCUT2D eigenvalue weighted by molar-refractivity contribution is 9.09. The summed E-state index contributed by atoms with van der Waals surface area (Å²) in [6.07, 6.45) is 2.56. The number of rotatable bonds is 6. The number of nitrogens with zero attached hydrogens (tertiary/aromatic N) is 3. The van der Waals surface area contributed by atoms with E-state index >= 15 is 0 Å². The summed E-state index contributed by atoms with van der Waals surface area (Å²) in [6.45, 7) is 5.09. The zero-order chi connectivity index (χ0) is 13.1. The molecule has 0 N–H and O–H groups in total. The van der Waals surface area contributed by atoms with E-state index in [0.717, 1.165) is 18.8 Å². The summed E-state index contributed by atoms with van der Waals surface area (Å²) in [5.41, 5.74) is 0. The van der Waals surface area contributed by atoms with Crippen molar-refractivity contribution in [3.8, 4) is 0 Å². The Morgan fingerprint density at radius 1 is 1.53 bits per heavy atom. The van der Waals surface area contributed by atoms with Crippen molar-refractivity contribution in [2.24, 2.45) is 0 Å². The SMILES string of the molecule is CCCn1cc(S(=O)(=O)N(C)CCBr)nc1C. The highest BCUT2D eigenvalue weighted by Crippen LogP contribution is 2.14. The van der Waals surface area contributed by atoms with Crippen LogP contribution in [0.1, 0.15) is 19.2 Å². The number of sulfonamides is 1. The van der Waals surface area contributed by atoms with E-state index < -0.39 is 10.0 Å². The molecule has 0 amide bonds. The highest BCUT2D eigenvalue weighted by atomic mass is 79.9. The summed E-state index contributed by atoms with van der Waals surface area (Å²) in [5.74, 6) is 0.734. The lowest BCUT2D eigenvalue weighted by molar-refractivity contribution is 0.486. The smallest absolute Gasteiger partial charge is 0.261 e. The van der Waals surface area contributed by atoms with Crippen LogP contribution in [0.5, 0.6) is 0 Å². The van der Waals surface area contributed by atoms with Crippen LogP contribution in [0.4, 0.5) is 0 Å². The number of hydrogen-bond acceptors (Lipinski definition) is 3. The molecule has 0 aliphatic carbocycles. The monoisotopic (exact) mass is 323 g/mol. The van der Waals surface area contributed by atoms with E-state index in [-0.39, 0.29) is 5.03 Å². The minimum absolute atomic E-state index is 0.131. The molecule has 0 radical (unpaired) electrons. The van der Waals surface area contributed by atoms with Crippen molar-refractivity contribution in [2.75, 3.05) is 18.9 Å². The van der Waals surface area contributed by atoms with E-state index in [1.54, 1.807) is 13.2 Å². The number of halogens is 1. The maximum absolute atomic E-state index is 12.1. The van der Waals surface area contributed by atoms with E-state index in [0.29, 0.717) is 11.9 Å². The number of hydrogen-bond donors (Lipinski definition) is 0. The second kappa shape index (κ2) is 5.97. The summed E-state index contributed by atoms with van der Waals surface area (Å²) in [6, 6.07) is 0. The third-order valence-electron chi connectivity index (χ3n) is 2.49. The molecule has 0 aliphatic heterocycles. The predicted molar refractivity (Wildman–Crippen MR) is 70.9 cm³/mol. The first-order valence-electron chi connectivity index (χ1n) is 5.49. The minimum Gasteiger partial charge on any atom is -0.334 e. The first-order valence-corrected chi connectivity index (χ1v) is 8.05. The Labute approximate surface area is 111 Å². The fourth-order valence-electron chi connectivity index (χ4n) is 1.47. The Kier molecular flexibility index (Phi) is 5.15. The van der Waals surface area contributed by atoms with Gasteiger partial charge in [-0.3, -0.25) is 0 Å². The molecular weight excluding hydrogens is 306 g/mol. The van der Waals surface area contributed by atoms with Crippen LogP contribution in [-0.2, 0) is 16.6 Å². The van der Waals surface area contributed by atoms with Crippen LogP contribution in [0.2, 0.25) is 0 Å². The van der Waals surface area contributed by atoms with Crippen molar-refractivity contribution < 1.29 is 8.42 Å². The molecule has 1 rings (SSSR count). The van der Waals surface area contributed by atoms with Crippen LogP contribution in [0.15, 0.2) is 11.2 Å². The largest absolute Gasteiger partial charge is 0.334 e. The molecular formula is C10H18BrN3O2S. The van der Waals surface area contributed by atoms with E-state index in [9.17, 15) is 8.42 Å². The fourth-order valence-corrected chi connectivity index (χ4v) is 3.40. The Bertz CT molecular complexity index is 470. The Morgan fingerprint density at radius 3 is 2.71 bits per heavy atom. The van der Waals surface area contributed by atoms with E-state index in [4.69, 9.17) is 0 Å². The zero-order valence-electron chi connectivity index (χ0n) is 10.4. The van der Waals surface area contributed by atoms with Crippen molar-refractivity contribution in [1.82, 2.24) is 13.9 Å². The number of aryl methyl sites for hydroxylation is 2. The van der Waals surface area contributed by atoms with Gasteiger partial charge in [0.1, 0.15) is 5.82 Å². The molecule has 1 aromatic heterocycles. The lowest BCUT2D eigenvalue weighted by Crippen LogP contribution is -2.28. The molecule has 0 saturated heterocycles. The quantitative estimate of drug-likeness (QED) is 0.747. The van der Waals surface area contributed by atoms with Crippen LogP contribution in [0.3, 0.4) is 0 Å². The normalized spacial score (nSPS) is 12.3. The van der Waals surface area contributed by atoms with Crippen LogP contribution in [-0.4, -0.2) is 41.2 Å². The molecule has 0 spiro atoms.